The third kappa shape index (κ3) is 3.57. The summed E-state index contributed by atoms with van der Waals surface area (Å²) in [7, 11) is 0. The molecule has 0 N–H and O–H groups in total. The summed E-state index contributed by atoms with van der Waals surface area (Å²) in [6, 6.07) is 31.8. The van der Waals surface area contributed by atoms with Gasteiger partial charge in [0.05, 0.1) is 0 Å². The summed E-state index contributed by atoms with van der Waals surface area (Å²) in [5, 5.41) is 3.74. The van der Waals surface area contributed by atoms with Gasteiger partial charge in [-0.1, -0.05) is 96.1 Å². The zero-order valence-electron chi connectivity index (χ0n) is 14.1. The number of azide groups is 1. The van der Waals surface area contributed by atoms with Gasteiger partial charge in [-0.2, -0.15) is 0 Å². The summed E-state index contributed by atoms with van der Waals surface area (Å²) in [4.78, 5) is 2.90. The quantitative estimate of drug-likeness (QED) is 0.165. The second kappa shape index (κ2) is 8.18. The largest absolute Gasteiger partial charge is 0.0940 e. The van der Waals surface area contributed by atoms with E-state index >= 15 is 0 Å². The van der Waals surface area contributed by atoms with Gasteiger partial charge in [-0.15, -0.1) is 0 Å². The Morgan fingerprint density at radius 2 is 1.08 bits per heavy atom. The zero-order chi connectivity index (χ0) is 17.4. The van der Waals surface area contributed by atoms with Crippen molar-refractivity contribution in [2.45, 2.75) is 18.3 Å². The van der Waals surface area contributed by atoms with E-state index in [4.69, 9.17) is 5.53 Å². The van der Waals surface area contributed by atoms with Gasteiger partial charge in [0.2, 0.25) is 0 Å². The van der Waals surface area contributed by atoms with Gasteiger partial charge < -0.3 is 0 Å². The van der Waals surface area contributed by atoms with Gasteiger partial charge in [0, 0.05) is 16.9 Å². The van der Waals surface area contributed by atoms with E-state index in [0.29, 0.717) is 6.54 Å². The summed E-state index contributed by atoms with van der Waals surface area (Å²) in [5.41, 5.74) is 12.1. The number of nitrogens with zero attached hydrogens (tertiary/aromatic N) is 3. The lowest BCUT2D eigenvalue weighted by molar-refractivity contribution is 0.537. The zero-order valence-corrected chi connectivity index (χ0v) is 14.1. The van der Waals surface area contributed by atoms with Crippen LogP contribution >= 0.6 is 0 Å². The molecule has 0 amide bonds. The first-order valence-electron chi connectivity index (χ1n) is 8.55. The van der Waals surface area contributed by atoms with Gasteiger partial charge in [-0.05, 0) is 35.1 Å². The molecule has 3 heteroatoms. The summed E-state index contributed by atoms with van der Waals surface area (Å²) in [6.07, 6.45) is 1.70. The van der Waals surface area contributed by atoms with E-state index in [1.807, 2.05) is 18.2 Å². The van der Waals surface area contributed by atoms with Gasteiger partial charge in [-0.25, -0.2) is 0 Å². The summed E-state index contributed by atoms with van der Waals surface area (Å²) in [5.74, 6) is 0. The van der Waals surface area contributed by atoms with E-state index in [0.717, 1.165) is 12.8 Å². The normalized spacial score (nSPS) is 10.9. The van der Waals surface area contributed by atoms with Crippen LogP contribution in [0.25, 0.3) is 10.4 Å². The monoisotopic (exact) mass is 327 g/mol. The average Bonchev–Trinajstić information content (AvgIpc) is 2.70. The van der Waals surface area contributed by atoms with Gasteiger partial charge in [-0.3, -0.25) is 0 Å². The highest BCUT2D eigenvalue weighted by Crippen LogP contribution is 2.42. The minimum Gasteiger partial charge on any atom is -0.0940 e. The van der Waals surface area contributed by atoms with E-state index in [1.165, 1.54) is 16.7 Å². The van der Waals surface area contributed by atoms with Crippen LogP contribution in [-0.2, 0) is 5.41 Å². The molecule has 0 saturated carbocycles. The van der Waals surface area contributed by atoms with Crippen LogP contribution in [0.2, 0.25) is 0 Å². The fourth-order valence-corrected chi connectivity index (χ4v) is 3.56. The van der Waals surface area contributed by atoms with Gasteiger partial charge in [0.25, 0.3) is 0 Å². The molecule has 25 heavy (non-hydrogen) atoms. The summed E-state index contributed by atoms with van der Waals surface area (Å²) >= 11 is 0. The molecule has 3 aromatic rings. The van der Waals surface area contributed by atoms with Gasteiger partial charge in [0.15, 0.2) is 0 Å². The average molecular weight is 327 g/mol. The van der Waals surface area contributed by atoms with Crippen LogP contribution in [0.4, 0.5) is 0 Å². The molecule has 0 aliphatic rings. The minimum absolute atomic E-state index is 0.255. The molecule has 0 aliphatic carbocycles. The first-order valence-corrected chi connectivity index (χ1v) is 8.55. The molecule has 0 radical (unpaired) electrons. The van der Waals surface area contributed by atoms with Crippen LogP contribution < -0.4 is 0 Å². The van der Waals surface area contributed by atoms with Crippen LogP contribution in [0.1, 0.15) is 29.5 Å². The van der Waals surface area contributed by atoms with Crippen molar-refractivity contribution >= 4 is 0 Å². The topological polar surface area (TPSA) is 48.8 Å². The molecular weight excluding hydrogens is 306 g/mol. The molecule has 124 valence electrons. The van der Waals surface area contributed by atoms with Crippen LogP contribution in [0, 0.1) is 0 Å². The highest BCUT2D eigenvalue weighted by atomic mass is 15.1. The summed E-state index contributed by atoms with van der Waals surface area (Å²) < 4.78 is 0. The van der Waals surface area contributed by atoms with Crippen molar-refractivity contribution in [3.63, 3.8) is 0 Å². The molecular formula is C22H21N3. The maximum absolute atomic E-state index is 8.61. The molecule has 0 heterocycles. The maximum Gasteiger partial charge on any atom is 0.0451 e. The van der Waals surface area contributed by atoms with E-state index < -0.39 is 0 Å². The Kier molecular flexibility index (Phi) is 5.50. The molecule has 0 bridgehead atoms. The maximum atomic E-state index is 8.61. The SMILES string of the molecule is [N-]=[N+]=NCCCC(c1ccccc1)(c1ccccc1)c1ccccc1. The van der Waals surface area contributed by atoms with Crippen LogP contribution in [0.3, 0.4) is 0 Å². The Morgan fingerprint density at radius 3 is 1.44 bits per heavy atom. The molecule has 0 aliphatic heterocycles. The lowest BCUT2D eigenvalue weighted by Crippen LogP contribution is -2.29. The first-order chi connectivity index (χ1) is 12.4. The number of hydrogen-bond donors (Lipinski definition) is 0. The van der Waals surface area contributed by atoms with Crippen molar-refractivity contribution in [1.29, 1.82) is 0 Å². The minimum atomic E-state index is -0.255. The molecule has 0 spiro atoms. The van der Waals surface area contributed by atoms with E-state index in [2.05, 4.69) is 82.8 Å². The molecule has 0 aromatic heterocycles. The lowest BCUT2D eigenvalue weighted by Gasteiger charge is -2.36. The van der Waals surface area contributed by atoms with Crippen molar-refractivity contribution in [2.75, 3.05) is 6.54 Å². The molecule has 0 unspecified atom stereocenters. The smallest absolute Gasteiger partial charge is 0.0451 e. The molecule has 0 atom stereocenters. The molecule has 0 fully saturated rings. The lowest BCUT2D eigenvalue weighted by atomic mass is 9.67. The Hall–Kier alpha value is -3.03. The van der Waals surface area contributed by atoms with Crippen LogP contribution in [-0.4, -0.2) is 6.54 Å². The Labute approximate surface area is 148 Å². The molecule has 3 nitrogen and oxygen atoms in total. The van der Waals surface area contributed by atoms with Crippen molar-refractivity contribution in [2.24, 2.45) is 5.11 Å². The van der Waals surface area contributed by atoms with Crippen molar-refractivity contribution in [3.8, 4) is 0 Å². The number of rotatable bonds is 7. The van der Waals surface area contributed by atoms with Crippen molar-refractivity contribution in [3.05, 3.63) is 118 Å². The predicted molar refractivity (Wildman–Crippen MR) is 102 cm³/mol. The fraction of sp³-hybridized carbons (Fsp3) is 0.182. The van der Waals surface area contributed by atoms with Crippen LogP contribution in [0.5, 0.6) is 0 Å². The van der Waals surface area contributed by atoms with Gasteiger partial charge >= 0.3 is 0 Å². The third-order valence-electron chi connectivity index (χ3n) is 4.67. The second-order valence-electron chi connectivity index (χ2n) is 6.06. The highest BCUT2D eigenvalue weighted by Gasteiger charge is 2.35. The highest BCUT2D eigenvalue weighted by molar-refractivity contribution is 5.50. The predicted octanol–water partition coefficient (Wildman–Crippen LogP) is 6.11. The molecule has 3 rings (SSSR count). The Morgan fingerprint density at radius 1 is 0.680 bits per heavy atom. The van der Waals surface area contributed by atoms with Crippen LogP contribution in [0.15, 0.2) is 96.1 Å². The van der Waals surface area contributed by atoms with Gasteiger partial charge in [0.1, 0.15) is 0 Å². The molecule has 3 aromatic carbocycles. The number of hydrogen-bond acceptors (Lipinski definition) is 1. The van der Waals surface area contributed by atoms with E-state index in [9.17, 15) is 0 Å². The Bertz CT molecular complexity index is 726. The van der Waals surface area contributed by atoms with Crippen molar-refractivity contribution in [1.82, 2.24) is 0 Å². The van der Waals surface area contributed by atoms with Crippen molar-refractivity contribution < 1.29 is 0 Å². The second-order valence-corrected chi connectivity index (χ2v) is 6.06. The summed E-state index contributed by atoms with van der Waals surface area (Å²) in [6.45, 7) is 0.505. The third-order valence-corrected chi connectivity index (χ3v) is 4.67. The van der Waals surface area contributed by atoms with E-state index in [-0.39, 0.29) is 5.41 Å². The Balaban J connectivity index is 2.18. The van der Waals surface area contributed by atoms with E-state index in [1.54, 1.807) is 0 Å². The molecule has 0 saturated heterocycles. The standard InChI is InChI=1S/C22H21N3/c23-25-24-18-10-17-22(19-11-4-1-5-12-19,20-13-6-2-7-14-20)21-15-8-3-9-16-21/h1-9,11-16H,10,17-18H2. The first kappa shape index (κ1) is 16.8. The number of benzene rings is 3. The fourth-order valence-electron chi connectivity index (χ4n) is 3.56.